The van der Waals surface area contributed by atoms with Gasteiger partial charge in [-0.25, -0.2) is 0 Å². The van der Waals surface area contributed by atoms with Crippen LogP contribution in [0.4, 0.5) is 0 Å². The van der Waals surface area contributed by atoms with Crippen molar-refractivity contribution >= 4 is 23.9 Å². The van der Waals surface area contributed by atoms with Crippen LogP contribution in [0.2, 0.25) is 0 Å². The summed E-state index contributed by atoms with van der Waals surface area (Å²) in [5.74, 6) is 6.70. The lowest BCUT2D eigenvalue weighted by Crippen LogP contribution is -2.53. The van der Waals surface area contributed by atoms with E-state index in [-0.39, 0.29) is 71.5 Å². The van der Waals surface area contributed by atoms with Crippen molar-refractivity contribution in [1.82, 2.24) is 0 Å². The Morgan fingerprint density at radius 2 is 1.22 bits per heavy atom. The van der Waals surface area contributed by atoms with Crippen LogP contribution in [0.15, 0.2) is 0 Å². The molecule has 1 saturated heterocycles. The Balaban J connectivity index is 0.000000119. The van der Waals surface area contributed by atoms with Gasteiger partial charge in [0.25, 0.3) is 0 Å². The van der Waals surface area contributed by atoms with Gasteiger partial charge in [0.15, 0.2) is 0 Å². The van der Waals surface area contributed by atoms with E-state index in [2.05, 4.69) is 13.8 Å². The molecule has 51 heavy (non-hydrogen) atoms. The minimum absolute atomic E-state index is 0.0413. The number of carbonyl (C=O) groups excluding carboxylic acids is 4. The van der Waals surface area contributed by atoms with E-state index in [0.717, 1.165) is 93.3 Å². The molecule has 8 bridgehead atoms. The van der Waals surface area contributed by atoms with Crippen LogP contribution in [0, 0.1) is 76.9 Å². The van der Waals surface area contributed by atoms with Crippen LogP contribution in [0.25, 0.3) is 0 Å². The van der Waals surface area contributed by atoms with Crippen LogP contribution in [0.5, 0.6) is 0 Å². The molecule has 9 aliphatic carbocycles. The van der Waals surface area contributed by atoms with E-state index in [9.17, 15) is 19.2 Å². The largest absolute Gasteiger partial charge is 0.462 e. The average molecular weight is 711 g/mol. The summed E-state index contributed by atoms with van der Waals surface area (Å²) >= 11 is 0. The summed E-state index contributed by atoms with van der Waals surface area (Å²) < 4.78 is 22.6. The van der Waals surface area contributed by atoms with Crippen molar-refractivity contribution in [1.29, 1.82) is 0 Å². The molecule has 0 aromatic heterocycles. The van der Waals surface area contributed by atoms with Crippen molar-refractivity contribution in [2.24, 2.45) is 76.9 Å². The van der Waals surface area contributed by atoms with Crippen molar-refractivity contribution in [3.63, 3.8) is 0 Å². The van der Waals surface area contributed by atoms with E-state index < -0.39 is 0 Å². The fourth-order valence-electron chi connectivity index (χ4n) is 12.7. The van der Waals surface area contributed by atoms with E-state index in [4.69, 9.17) is 18.9 Å². The zero-order chi connectivity index (χ0) is 36.2. The molecule has 8 nitrogen and oxygen atoms in total. The van der Waals surface area contributed by atoms with Crippen LogP contribution in [0.3, 0.4) is 0 Å². The second-order valence-electron chi connectivity index (χ2n) is 18.9. The van der Waals surface area contributed by atoms with Crippen molar-refractivity contribution in [2.75, 3.05) is 0 Å². The van der Waals surface area contributed by atoms with Crippen molar-refractivity contribution in [3.05, 3.63) is 0 Å². The number of hydrogen-bond acceptors (Lipinski definition) is 8. The first-order valence-electron chi connectivity index (χ1n) is 21.3. The number of carbonyl (C=O) groups is 4. The van der Waals surface area contributed by atoms with Crippen LogP contribution in [-0.2, 0) is 38.1 Å². The Kier molecular flexibility index (Phi) is 10.9. The lowest BCUT2D eigenvalue weighted by molar-refractivity contribution is -0.190. The van der Waals surface area contributed by atoms with Crippen LogP contribution in [0.1, 0.15) is 144 Å². The molecule has 1 aliphatic heterocycles. The molecule has 8 heteroatoms. The summed E-state index contributed by atoms with van der Waals surface area (Å²) in [6.45, 7) is 11.9. The molecule has 0 N–H and O–H groups in total. The molecule has 0 amide bonds. The summed E-state index contributed by atoms with van der Waals surface area (Å²) in [6.07, 6.45) is 18.8. The Hall–Kier alpha value is -2.12. The first-order chi connectivity index (χ1) is 24.4. The van der Waals surface area contributed by atoms with Crippen LogP contribution >= 0.6 is 0 Å². The van der Waals surface area contributed by atoms with E-state index >= 15 is 0 Å². The van der Waals surface area contributed by atoms with Gasteiger partial charge in [0.1, 0.15) is 23.9 Å². The summed E-state index contributed by atoms with van der Waals surface area (Å²) in [4.78, 5) is 47.3. The van der Waals surface area contributed by atoms with Crippen LogP contribution in [-0.4, -0.2) is 47.8 Å². The number of fused-ring (bicyclic) bond motifs is 6. The highest BCUT2D eigenvalue weighted by molar-refractivity contribution is 5.77. The second kappa shape index (κ2) is 15.0. The van der Waals surface area contributed by atoms with Gasteiger partial charge in [-0.1, -0.05) is 48.0 Å². The zero-order valence-electron chi connectivity index (χ0n) is 32.3. The molecule has 286 valence electrons. The quantitative estimate of drug-likeness (QED) is 0.173. The van der Waals surface area contributed by atoms with Gasteiger partial charge < -0.3 is 18.9 Å². The molecule has 0 aromatic carbocycles. The summed E-state index contributed by atoms with van der Waals surface area (Å²) in [5.41, 5.74) is -0.0464. The fraction of sp³-hybridized carbons (Fsp3) is 0.907. The lowest BCUT2D eigenvalue weighted by atomic mass is 9.54. The van der Waals surface area contributed by atoms with Gasteiger partial charge >= 0.3 is 23.9 Å². The predicted octanol–water partition coefficient (Wildman–Crippen LogP) is 8.47. The molecule has 0 aromatic rings. The molecule has 0 radical (unpaired) electrons. The van der Waals surface area contributed by atoms with Gasteiger partial charge in [-0.3, -0.25) is 19.2 Å². The SMILES string of the molecule is CCC(C)C(=O)OC12CC3CC(CC(C3)C1)C2.CCC(C)C(=O)OC1C2CC3C(=O)OC1C3C2.CCC(C)C(=O)OC1CC2CC1C1CCCC21. The Morgan fingerprint density at radius 1 is 0.667 bits per heavy atom. The number of esters is 4. The van der Waals surface area contributed by atoms with Gasteiger partial charge in [0.2, 0.25) is 0 Å². The molecule has 13 unspecified atom stereocenters. The highest BCUT2D eigenvalue weighted by Crippen LogP contribution is 2.60. The minimum atomic E-state index is -0.177. The van der Waals surface area contributed by atoms with Gasteiger partial charge in [-0.15, -0.1) is 0 Å². The third-order valence-electron chi connectivity index (χ3n) is 15.6. The average Bonchev–Trinajstić information content (AvgIpc) is 3.95. The normalized spacial score (nSPS) is 44.4. The van der Waals surface area contributed by atoms with Gasteiger partial charge in [-0.05, 0) is 138 Å². The Morgan fingerprint density at radius 3 is 1.82 bits per heavy atom. The van der Waals surface area contributed by atoms with E-state index in [1.54, 1.807) is 0 Å². The van der Waals surface area contributed by atoms with Crippen molar-refractivity contribution in [2.45, 2.75) is 168 Å². The third kappa shape index (κ3) is 7.25. The maximum atomic E-state index is 12.0. The predicted molar refractivity (Wildman–Crippen MR) is 192 cm³/mol. The highest BCUT2D eigenvalue weighted by atomic mass is 16.6. The Bertz CT molecular complexity index is 1270. The van der Waals surface area contributed by atoms with Gasteiger partial charge in [0, 0.05) is 11.8 Å². The molecule has 10 fully saturated rings. The maximum Gasteiger partial charge on any atom is 0.309 e. The van der Waals surface area contributed by atoms with Gasteiger partial charge in [-0.2, -0.15) is 0 Å². The van der Waals surface area contributed by atoms with E-state index in [1.165, 1.54) is 44.9 Å². The van der Waals surface area contributed by atoms with Gasteiger partial charge in [0.05, 0.1) is 23.7 Å². The molecule has 10 aliphatic rings. The standard InChI is InChI=1S/2C15H24O2.C13H18O4/c1-3-10(2)14(16)17-15-7-11-4-12(8-15)6-13(5-11)9-15;1-3-9(2)15(16)17-14-8-10-7-13(14)12-6-4-5-11(10)12;1-3-6(2)12(14)16-10-7-4-8-9(5-7)13(15)17-11(8)10/h10-13H,3-9H2,1-2H3;9-14H,3-8H2,1-2H3;6-11H,3-5H2,1-2H3. The number of ether oxygens (including phenoxy) is 4. The monoisotopic (exact) mass is 710 g/mol. The van der Waals surface area contributed by atoms with Crippen molar-refractivity contribution < 1.29 is 38.1 Å². The first-order valence-corrected chi connectivity index (χ1v) is 21.3. The summed E-state index contributed by atoms with van der Waals surface area (Å²) in [5, 5.41) is 0. The zero-order valence-corrected chi connectivity index (χ0v) is 32.3. The fourth-order valence-corrected chi connectivity index (χ4v) is 12.7. The molecule has 10 rings (SSSR count). The molecular weight excluding hydrogens is 644 g/mol. The van der Waals surface area contributed by atoms with E-state index in [0.29, 0.717) is 17.8 Å². The highest BCUT2D eigenvalue weighted by Gasteiger charge is 2.63. The summed E-state index contributed by atoms with van der Waals surface area (Å²) in [6, 6.07) is 0. The minimum Gasteiger partial charge on any atom is -0.462 e. The smallest absolute Gasteiger partial charge is 0.309 e. The topological polar surface area (TPSA) is 105 Å². The third-order valence-corrected chi connectivity index (χ3v) is 15.6. The number of hydrogen-bond donors (Lipinski definition) is 0. The maximum absolute atomic E-state index is 12.0. The molecular formula is C43H66O8. The molecule has 0 spiro atoms. The first kappa shape index (κ1) is 37.2. The molecule has 9 saturated carbocycles. The molecule has 1 heterocycles. The lowest BCUT2D eigenvalue weighted by Gasteiger charge is -2.55. The Labute approximate surface area is 306 Å². The second-order valence-corrected chi connectivity index (χ2v) is 18.9. The molecule has 13 atom stereocenters. The number of rotatable bonds is 9. The van der Waals surface area contributed by atoms with E-state index in [1.807, 2.05) is 27.7 Å². The summed E-state index contributed by atoms with van der Waals surface area (Å²) in [7, 11) is 0. The van der Waals surface area contributed by atoms with Crippen LogP contribution < -0.4 is 0 Å². The van der Waals surface area contributed by atoms with Crippen molar-refractivity contribution in [3.8, 4) is 0 Å².